The number of aldehydes is 1. The van der Waals surface area contributed by atoms with E-state index in [4.69, 9.17) is 5.11 Å². The lowest BCUT2D eigenvalue weighted by atomic mass is 10.2. The minimum absolute atomic E-state index is 0.0597. The van der Waals surface area contributed by atoms with Crippen molar-refractivity contribution >= 4 is 37.7 Å². The molecule has 178 valence electrons. The van der Waals surface area contributed by atoms with E-state index in [0.29, 0.717) is 19.1 Å². The Morgan fingerprint density at radius 1 is 0.844 bits per heavy atom. The maximum absolute atomic E-state index is 13.6. The second kappa shape index (κ2) is 12.5. The molecule has 2 aromatic carbocycles. The topological polar surface area (TPSA) is 130 Å². The fourth-order valence-electron chi connectivity index (χ4n) is 2.47. The van der Waals surface area contributed by atoms with Gasteiger partial charge in [-0.2, -0.15) is 0 Å². The van der Waals surface area contributed by atoms with Crippen LogP contribution in [0, 0.1) is 11.6 Å². The lowest BCUT2D eigenvalue weighted by Gasteiger charge is -2.09. The maximum atomic E-state index is 13.6. The Morgan fingerprint density at radius 2 is 1.31 bits per heavy atom. The summed E-state index contributed by atoms with van der Waals surface area (Å²) in [6, 6.07) is 8.17. The van der Waals surface area contributed by atoms with Crippen molar-refractivity contribution in [3.63, 3.8) is 0 Å². The highest BCUT2D eigenvalue weighted by Crippen LogP contribution is 2.20. The summed E-state index contributed by atoms with van der Waals surface area (Å²) in [5.74, 6) is -1.73. The van der Waals surface area contributed by atoms with Crippen molar-refractivity contribution in [3.05, 3.63) is 59.2 Å². The van der Waals surface area contributed by atoms with Crippen LogP contribution in [0.5, 0.6) is 0 Å². The third-order valence-electron chi connectivity index (χ3n) is 3.88. The molecule has 0 atom stereocenters. The van der Waals surface area contributed by atoms with Crippen LogP contribution in [0.1, 0.15) is 42.6 Å². The van der Waals surface area contributed by atoms with E-state index in [1.54, 1.807) is 13.8 Å². The second-order valence-electron chi connectivity index (χ2n) is 6.61. The summed E-state index contributed by atoms with van der Waals surface area (Å²) >= 11 is 0. The van der Waals surface area contributed by atoms with E-state index in [2.05, 4.69) is 9.44 Å². The van der Waals surface area contributed by atoms with Crippen LogP contribution in [-0.2, 0) is 26.7 Å². The summed E-state index contributed by atoms with van der Waals surface area (Å²) in [6.07, 6.45) is 1.23. The normalized spacial score (nSPS) is 11.3. The number of hydrogen-bond donors (Lipinski definition) is 3. The van der Waals surface area contributed by atoms with Gasteiger partial charge in [0, 0.05) is 5.56 Å². The highest BCUT2D eigenvalue weighted by Gasteiger charge is 2.15. The summed E-state index contributed by atoms with van der Waals surface area (Å²) in [4.78, 5) is 10.5. The second-order valence-corrected chi connectivity index (χ2v) is 10.3. The predicted octanol–water partition coefficient (Wildman–Crippen LogP) is 3.26. The van der Waals surface area contributed by atoms with Gasteiger partial charge in [0.25, 0.3) is 0 Å². The zero-order valence-corrected chi connectivity index (χ0v) is 19.3. The first-order chi connectivity index (χ1) is 15.0. The monoisotopic (exact) mass is 492 g/mol. The quantitative estimate of drug-likeness (QED) is 0.437. The van der Waals surface area contributed by atoms with E-state index in [0.717, 1.165) is 0 Å². The highest BCUT2D eigenvalue weighted by atomic mass is 32.2. The number of hydrogen-bond acceptors (Lipinski definition) is 6. The Kier molecular flexibility index (Phi) is 10.7. The van der Waals surface area contributed by atoms with Crippen LogP contribution in [0.3, 0.4) is 0 Å². The Balaban J connectivity index is 0.000000320. The molecule has 0 aliphatic rings. The number of halogens is 2. The molecule has 0 bridgehead atoms. The van der Waals surface area contributed by atoms with E-state index in [9.17, 15) is 30.4 Å². The van der Waals surface area contributed by atoms with Crippen LogP contribution in [0.25, 0.3) is 0 Å². The van der Waals surface area contributed by atoms with Gasteiger partial charge in [-0.1, -0.05) is 32.0 Å². The molecule has 8 nitrogen and oxygen atoms in total. The molecule has 3 N–H and O–H groups in total. The van der Waals surface area contributed by atoms with Crippen LogP contribution in [0.2, 0.25) is 0 Å². The Hall–Kier alpha value is -2.57. The Morgan fingerprint density at radius 3 is 1.75 bits per heavy atom. The molecule has 0 saturated carbocycles. The van der Waals surface area contributed by atoms with Gasteiger partial charge >= 0.3 is 0 Å². The van der Waals surface area contributed by atoms with Crippen molar-refractivity contribution in [2.45, 2.75) is 33.3 Å². The van der Waals surface area contributed by atoms with Crippen LogP contribution >= 0.6 is 0 Å². The van der Waals surface area contributed by atoms with E-state index in [1.165, 1.54) is 36.4 Å². The first kappa shape index (κ1) is 27.5. The van der Waals surface area contributed by atoms with Gasteiger partial charge in [-0.05, 0) is 31.0 Å². The van der Waals surface area contributed by atoms with E-state index >= 15 is 0 Å². The van der Waals surface area contributed by atoms with Gasteiger partial charge in [-0.25, -0.2) is 25.6 Å². The maximum Gasteiger partial charge on any atom is 0.232 e. The number of sulfonamides is 2. The third-order valence-corrected chi connectivity index (χ3v) is 6.83. The number of carbonyl (C=O) groups is 1. The number of nitrogens with one attached hydrogen (secondary N) is 2. The van der Waals surface area contributed by atoms with Gasteiger partial charge in [0.1, 0.15) is 0 Å². The molecule has 0 amide bonds. The zero-order valence-electron chi connectivity index (χ0n) is 17.6. The average Bonchev–Trinajstić information content (AvgIpc) is 2.71. The van der Waals surface area contributed by atoms with E-state index < -0.39 is 38.3 Å². The number of anilines is 2. The molecule has 2 aromatic rings. The summed E-state index contributed by atoms with van der Waals surface area (Å²) in [5.41, 5.74) is -0.425. The number of benzene rings is 2. The molecule has 0 spiro atoms. The summed E-state index contributed by atoms with van der Waals surface area (Å²) < 4.78 is 76.9. The van der Waals surface area contributed by atoms with Crippen molar-refractivity contribution in [1.82, 2.24) is 0 Å². The molecule has 0 aliphatic heterocycles. The van der Waals surface area contributed by atoms with Crippen molar-refractivity contribution in [1.29, 1.82) is 0 Å². The molecule has 0 heterocycles. The molecule has 0 saturated heterocycles. The zero-order chi connectivity index (χ0) is 24.4. The smallest absolute Gasteiger partial charge is 0.232 e. The molecule has 0 radical (unpaired) electrons. The molecular weight excluding hydrogens is 466 g/mol. The number of rotatable bonds is 10. The lowest BCUT2D eigenvalue weighted by molar-refractivity contribution is 0.112. The van der Waals surface area contributed by atoms with Crippen LogP contribution < -0.4 is 9.44 Å². The Labute approximate surface area is 186 Å². The minimum atomic E-state index is -3.54. The lowest BCUT2D eigenvalue weighted by Crippen LogP contribution is -2.17. The molecule has 0 aromatic heterocycles. The van der Waals surface area contributed by atoms with Gasteiger partial charge in [-0.3, -0.25) is 14.2 Å². The summed E-state index contributed by atoms with van der Waals surface area (Å²) in [6.45, 7) is 2.96. The summed E-state index contributed by atoms with van der Waals surface area (Å²) in [7, 11) is -7.04. The first-order valence-electron chi connectivity index (χ1n) is 9.63. The Bertz CT molecular complexity index is 1120. The van der Waals surface area contributed by atoms with Gasteiger partial charge in [0.15, 0.2) is 17.9 Å². The molecule has 0 unspecified atom stereocenters. The van der Waals surface area contributed by atoms with Crippen LogP contribution in [-0.4, -0.2) is 39.7 Å². The largest absolute Gasteiger partial charge is 0.392 e. The number of aliphatic hydroxyl groups is 1. The molecular formula is C20H26F2N2O6S2. The van der Waals surface area contributed by atoms with Crippen LogP contribution in [0.15, 0.2) is 36.4 Å². The van der Waals surface area contributed by atoms with Crippen molar-refractivity contribution in [2.24, 2.45) is 0 Å². The molecule has 32 heavy (non-hydrogen) atoms. The highest BCUT2D eigenvalue weighted by molar-refractivity contribution is 7.92. The minimum Gasteiger partial charge on any atom is -0.392 e. The first-order valence-corrected chi connectivity index (χ1v) is 12.9. The fourth-order valence-corrected chi connectivity index (χ4v) is 4.74. The van der Waals surface area contributed by atoms with Gasteiger partial charge < -0.3 is 5.11 Å². The fraction of sp³-hybridized carbons (Fsp3) is 0.350. The molecule has 0 fully saturated rings. The number of carbonyl (C=O) groups excluding carboxylic acids is 1. The predicted molar refractivity (Wildman–Crippen MR) is 120 cm³/mol. The van der Waals surface area contributed by atoms with Crippen molar-refractivity contribution in [3.8, 4) is 0 Å². The van der Waals surface area contributed by atoms with Crippen molar-refractivity contribution < 1.29 is 35.5 Å². The van der Waals surface area contributed by atoms with Crippen molar-refractivity contribution in [2.75, 3.05) is 20.9 Å². The third kappa shape index (κ3) is 8.52. The van der Waals surface area contributed by atoms with Gasteiger partial charge in [-0.15, -0.1) is 0 Å². The molecule has 0 aliphatic carbocycles. The standard InChI is InChI=1S/C10H14FNO3S.C10H12FNO3S/c2*1-2-6-16(14,15)12-9-5-3-4-8(7-13)10(9)11/h3-5,12-13H,2,6-7H2,1H3;3-5,7,12H,2,6H2,1H3. The average molecular weight is 493 g/mol. The SMILES string of the molecule is CCCS(=O)(=O)Nc1cccc(C=O)c1F.CCCS(=O)(=O)Nc1cccc(CO)c1F. The summed E-state index contributed by atoms with van der Waals surface area (Å²) in [5, 5.41) is 8.83. The van der Waals surface area contributed by atoms with Gasteiger partial charge in [0.05, 0.1) is 35.1 Å². The van der Waals surface area contributed by atoms with Crippen LogP contribution in [0.4, 0.5) is 20.2 Å². The van der Waals surface area contributed by atoms with E-state index in [1.807, 2.05) is 0 Å². The molecule has 12 heteroatoms. The van der Waals surface area contributed by atoms with Gasteiger partial charge in [0.2, 0.25) is 20.0 Å². The number of aliphatic hydroxyl groups excluding tert-OH is 1. The van der Waals surface area contributed by atoms with E-state index in [-0.39, 0.29) is 34.0 Å². The molecule has 2 rings (SSSR count).